The van der Waals surface area contributed by atoms with E-state index < -0.39 is 23.8 Å². The molecular weight excluding hydrogens is 562 g/mol. The van der Waals surface area contributed by atoms with Gasteiger partial charge in [-0.1, -0.05) is 0 Å². The van der Waals surface area contributed by atoms with Crippen LogP contribution >= 0.6 is 11.3 Å². The Kier molecular flexibility index (Phi) is 10.3. The summed E-state index contributed by atoms with van der Waals surface area (Å²) in [6.45, 7) is 4.29. The van der Waals surface area contributed by atoms with E-state index >= 15 is 0 Å². The van der Waals surface area contributed by atoms with Gasteiger partial charge in [-0.15, -0.1) is 11.3 Å². The molecule has 1 aliphatic rings. The lowest BCUT2D eigenvalue weighted by atomic mass is 9.95. The van der Waals surface area contributed by atoms with E-state index in [1.54, 1.807) is 43.3 Å². The van der Waals surface area contributed by atoms with Crippen LogP contribution in [0.4, 0.5) is 5.00 Å². The number of fused-ring (bicyclic) bond motifs is 1. The molecule has 1 aromatic heterocycles. The number of carbonyl (C=O) groups excluding carboxylic acids is 4. The first-order valence-electron chi connectivity index (χ1n) is 13.4. The number of hydrogen-bond acceptors (Lipinski definition) is 10. The fourth-order valence-corrected chi connectivity index (χ4v) is 5.58. The van der Waals surface area contributed by atoms with Crippen LogP contribution in [-0.2, 0) is 27.2 Å². The Labute approximate surface area is 246 Å². The average molecular weight is 594 g/mol. The van der Waals surface area contributed by atoms with E-state index in [4.69, 9.17) is 18.9 Å². The second-order valence-electron chi connectivity index (χ2n) is 9.05. The molecule has 11 nitrogen and oxygen atoms in total. The van der Waals surface area contributed by atoms with Crippen molar-refractivity contribution in [1.29, 1.82) is 0 Å². The number of nitrogens with one attached hydrogen (secondary N) is 2. The van der Waals surface area contributed by atoms with Gasteiger partial charge in [0.2, 0.25) is 0 Å². The fraction of sp³-hybridized carbons (Fsp3) is 0.300. The molecular formula is C30H31N3O8S. The highest BCUT2D eigenvalue weighted by molar-refractivity contribution is 7.17. The molecule has 12 heteroatoms. The Morgan fingerprint density at radius 3 is 2.40 bits per heavy atom. The van der Waals surface area contributed by atoms with Gasteiger partial charge in [0.05, 0.1) is 37.7 Å². The molecule has 1 aliphatic carbocycles. The van der Waals surface area contributed by atoms with Gasteiger partial charge >= 0.3 is 23.8 Å². The lowest BCUT2D eigenvalue weighted by Gasteiger charge is -2.12. The van der Waals surface area contributed by atoms with Crippen LogP contribution in [0.1, 0.15) is 63.4 Å². The Hall–Kier alpha value is -4.71. The second-order valence-corrected chi connectivity index (χ2v) is 10.2. The molecule has 220 valence electrons. The van der Waals surface area contributed by atoms with Crippen LogP contribution in [0.25, 0.3) is 0 Å². The zero-order valence-electron chi connectivity index (χ0n) is 23.5. The molecule has 0 atom stereocenters. The molecule has 0 bridgehead atoms. The van der Waals surface area contributed by atoms with Crippen LogP contribution in [0.5, 0.6) is 17.2 Å². The highest BCUT2D eigenvalue weighted by Crippen LogP contribution is 2.38. The van der Waals surface area contributed by atoms with E-state index in [1.807, 2.05) is 6.92 Å². The van der Waals surface area contributed by atoms with E-state index in [0.717, 1.165) is 36.1 Å². The van der Waals surface area contributed by atoms with Crippen molar-refractivity contribution in [2.75, 3.05) is 25.6 Å². The molecule has 2 aromatic carbocycles. The van der Waals surface area contributed by atoms with Crippen molar-refractivity contribution in [2.45, 2.75) is 39.5 Å². The van der Waals surface area contributed by atoms with Crippen LogP contribution in [0, 0.1) is 0 Å². The van der Waals surface area contributed by atoms with Crippen molar-refractivity contribution in [3.63, 3.8) is 0 Å². The van der Waals surface area contributed by atoms with Crippen LogP contribution in [-0.4, -0.2) is 50.3 Å². The van der Waals surface area contributed by atoms with E-state index in [0.29, 0.717) is 34.0 Å². The lowest BCUT2D eigenvalue weighted by molar-refractivity contribution is -0.136. The van der Waals surface area contributed by atoms with Gasteiger partial charge in [-0.25, -0.2) is 15.0 Å². The summed E-state index contributed by atoms with van der Waals surface area (Å²) >= 11 is 1.29. The quantitative estimate of drug-likeness (QED) is 0.115. The van der Waals surface area contributed by atoms with Crippen molar-refractivity contribution in [3.8, 4) is 17.2 Å². The van der Waals surface area contributed by atoms with Crippen LogP contribution < -0.4 is 25.0 Å². The van der Waals surface area contributed by atoms with Crippen molar-refractivity contribution >= 4 is 46.3 Å². The summed E-state index contributed by atoms with van der Waals surface area (Å²) in [5.41, 5.74) is 4.21. The Bertz CT molecular complexity index is 1500. The minimum absolute atomic E-state index is 0.188. The van der Waals surface area contributed by atoms with Gasteiger partial charge < -0.3 is 24.3 Å². The second kappa shape index (κ2) is 14.3. The summed E-state index contributed by atoms with van der Waals surface area (Å²) in [5, 5.41) is 6.68. The van der Waals surface area contributed by atoms with Crippen molar-refractivity contribution in [2.24, 2.45) is 5.10 Å². The maximum Gasteiger partial charge on any atom is 0.343 e. The maximum atomic E-state index is 12.6. The summed E-state index contributed by atoms with van der Waals surface area (Å²) in [6, 6.07) is 11.2. The number of carbonyl (C=O) groups is 4. The van der Waals surface area contributed by atoms with Gasteiger partial charge in [-0.05, 0) is 93.1 Å². The number of nitrogens with zero attached hydrogens (tertiary/aromatic N) is 1. The molecule has 4 rings (SSSR count). The SMILES string of the molecule is CCOC(=O)c1c(NC(=O)C(=O)N/N=C/c2ccc(OC(=O)c3ccc(OCC)cc3)c(OC)c2)sc2c1CCCC2. The number of benzene rings is 2. The third-order valence-corrected chi connectivity index (χ3v) is 7.46. The molecule has 3 aromatic rings. The predicted molar refractivity (Wildman–Crippen MR) is 157 cm³/mol. The topological polar surface area (TPSA) is 142 Å². The van der Waals surface area contributed by atoms with Crippen molar-refractivity contribution < 1.29 is 38.1 Å². The van der Waals surface area contributed by atoms with E-state index in [-0.39, 0.29) is 18.1 Å². The summed E-state index contributed by atoms with van der Waals surface area (Å²) in [7, 11) is 1.42. The molecule has 0 fully saturated rings. The molecule has 0 saturated carbocycles. The number of rotatable bonds is 10. The first kappa shape index (κ1) is 30.3. The Balaban J connectivity index is 1.37. The molecule has 0 unspecified atom stereocenters. The summed E-state index contributed by atoms with van der Waals surface area (Å²) in [6.07, 6.45) is 4.77. The zero-order valence-corrected chi connectivity index (χ0v) is 24.3. The zero-order chi connectivity index (χ0) is 30.1. The number of ether oxygens (including phenoxy) is 4. The van der Waals surface area contributed by atoms with Crippen molar-refractivity contribution in [3.05, 3.63) is 69.6 Å². The number of esters is 2. The first-order chi connectivity index (χ1) is 20.3. The number of anilines is 1. The van der Waals surface area contributed by atoms with Crippen LogP contribution in [0.2, 0.25) is 0 Å². The van der Waals surface area contributed by atoms with Gasteiger partial charge in [0, 0.05) is 4.88 Å². The van der Waals surface area contributed by atoms with Crippen LogP contribution in [0.15, 0.2) is 47.6 Å². The number of amides is 2. The number of thiophene rings is 1. The number of aryl methyl sites for hydroxylation is 1. The molecule has 0 saturated heterocycles. The van der Waals surface area contributed by atoms with Gasteiger partial charge in [-0.3, -0.25) is 9.59 Å². The van der Waals surface area contributed by atoms with Gasteiger partial charge in [-0.2, -0.15) is 5.10 Å². The third kappa shape index (κ3) is 7.32. The van der Waals surface area contributed by atoms with Crippen molar-refractivity contribution in [1.82, 2.24) is 5.43 Å². The molecule has 42 heavy (non-hydrogen) atoms. The number of methoxy groups -OCH3 is 1. The number of hydrogen-bond donors (Lipinski definition) is 2. The molecule has 0 radical (unpaired) electrons. The molecule has 2 amide bonds. The van der Waals surface area contributed by atoms with Gasteiger partial charge in [0.1, 0.15) is 10.8 Å². The normalized spacial score (nSPS) is 12.3. The highest BCUT2D eigenvalue weighted by atomic mass is 32.1. The average Bonchev–Trinajstić information content (AvgIpc) is 3.36. The van der Waals surface area contributed by atoms with Gasteiger partial charge in [0.25, 0.3) is 0 Å². The predicted octanol–water partition coefficient (Wildman–Crippen LogP) is 4.52. The Morgan fingerprint density at radius 1 is 0.929 bits per heavy atom. The van der Waals surface area contributed by atoms with Gasteiger partial charge in [0.15, 0.2) is 11.5 Å². The minimum Gasteiger partial charge on any atom is -0.494 e. The number of hydrazone groups is 1. The monoisotopic (exact) mass is 593 g/mol. The maximum absolute atomic E-state index is 12.6. The van der Waals surface area contributed by atoms with Crippen LogP contribution in [0.3, 0.4) is 0 Å². The summed E-state index contributed by atoms with van der Waals surface area (Å²) in [4.78, 5) is 51.2. The fourth-order valence-electron chi connectivity index (χ4n) is 4.31. The summed E-state index contributed by atoms with van der Waals surface area (Å²) in [5.74, 6) is -1.98. The molecule has 0 aliphatic heterocycles. The minimum atomic E-state index is -1.01. The standard InChI is InChI=1S/C30H31N3O8S/c1-4-39-20-13-11-19(12-14-20)29(36)41-22-15-10-18(16-23(22)38-3)17-31-33-27(35)26(34)32-28-25(30(37)40-5-2)21-8-6-7-9-24(21)42-28/h10-17H,4-9H2,1-3H3,(H,32,34)(H,33,35)/b31-17+. The Morgan fingerprint density at radius 2 is 1.69 bits per heavy atom. The van der Waals surface area contributed by atoms with E-state index in [1.165, 1.54) is 30.7 Å². The summed E-state index contributed by atoms with van der Waals surface area (Å²) < 4.78 is 21.4. The molecule has 1 heterocycles. The van der Waals surface area contributed by atoms with E-state index in [2.05, 4.69) is 15.8 Å². The largest absolute Gasteiger partial charge is 0.494 e. The highest BCUT2D eigenvalue weighted by Gasteiger charge is 2.28. The third-order valence-electron chi connectivity index (χ3n) is 6.26. The molecule has 2 N–H and O–H groups in total. The lowest BCUT2D eigenvalue weighted by Crippen LogP contribution is -2.32. The first-order valence-corrected chi connectivity index (χ1v) is 14.2. The molecule has 0 spiro atoms. The van der Waals surface area contributed by atoms with E-state index in [9.17, 15) is 19.2 Å². The smallest absolute Gasteiger partial charge is 0.343 e.